The molecular formula is C11H12F4N2O3. The van der Waals surface area contributed by atoms with Crippen molar-refractivity contribution in [1.29, 1.82) is 0 Å². The Labute approximate surface area is 111 Å². The van der Waals surface area contributed by atoms with Gasteiger partial charge in [-0.2, -0.15) is 4.39 Å². The number of carbonyl (C=O) groups is 1. The molecule has 0 atom stereocenters. The SMILES string of the molecule is CCOC(=O)Cc1nc(F)c(CN)cc1OC(F)(F)F. The zero-order valence-corrected chi connectivity index (χ0v) is 10.5. The largest absolute Gasteiger partial charge is 0.573 e. The number of esters is 1. The highest BCUT2D eigenvalue weighted by molar-refractivity contribution is 5.72. The van der Waals surface area contributed by atoms with E-state index in [9.17, 15) is 22.4 Å². The van der Waals surface area contributed by atoms with Crippen LogP contribution in [0.4, 0.5) is 17.6 Å². The van der Waals surface area contributed by atoms with Crippen molar-refractivity contribution >= 4 is 5.97 Å². The van der Waals surface area contributed by atoms with Crippen LogP contribution in [0.3, 0.4) is 0 Å². The Bertz CT molecular complexity index is 491. The molecule has 0 bridgehead atoms. The van der Waals surface area contributed by atoms with Crippen molar-refractivity contribution in [3.8, 4) is 5.75 Å². The van der Waals surface area contributed by atoms with Crippen LogP contribution in [0.15, 0.2) is 6.07 Å². The molecule has 0 fully saturated rings. The predicted molar refractivity (Wildman–Crippen MR) is 59.1 cm³/mol. The van der Waals surface area contributed by atoms with Gasteiger partial charge in [-0.05, 0) is 13.0 Å². The van der Waals surface area contributed by atoms with E-state index in [0.717, 1.165) is 6.07 Å². The van der Waals surface area contributed by atoms with E-state index in [0.29, 0.717) is 0 Å². The van der Waals surface area contributed by atoms with Crippen molar-refractivity contribution in [2.75, 3.05) is 6.61 Å². The van der Waals surface area contributed by atoms with Crippen LogP contribution in [0.2, 0.25) is 0 Å². The lowest BCUT2D eigenvalue weighted by Crippen LogP contribution is -2.21. The second-order valence-electron chi connectivity index (χ2n) is 3.62. The second kappa shape index (κ2) is 6.51. The Morgan fingerprint density at radius 2 is 2.10 bits per heavy atom. The van der Waals surface area contributed by atoms with E-state index in [1.54, 1.807) is 0 Å². The van der Waals surface area contributed by atoms with Gasteiger partial charge in [0.15, 0.2) is 5.75 Å². The quantitative estimate of drug-likeness (QED) is 0.508. The summed E-state index contributed by atoms with van der Waals surface area (Å²) in [6.07, 6.45) is -5.63. The van der Waals surface area contributed by atoms with Crippen LogP contribution in [0.25, 0.3) is 0 Å². The number of halogens is 4. The van der Waals surface area contributed by atoms with Crippen LogP contribution in [-0.4, -0.2) is 23.9 Å². The normalized spacial score (nSPS) is 11.3. The third kappa shape index (κ3) is 4.65. The molecule has 9 heteroatoms. The van der Waals surface area contributed by atoms with Gasteiger partial charge in [-0.1, -0.05) is 0 Å². The van der Waals surface area contributed by atoms with Gasteiger partial charge in [0.25, 0.3) is 0 Å². The lowest BCUT2D eigenvalue weighted by Gasteiger charge is -2.14. The Morgan fingerprint density at radius 3 is 2.60 bits per heavy atom. The molecule has 1 aromatic heterocycles. The molecule has 0 radical (unpaired) electrons. The zero-order chi connectivity index (χ0) is 15.3. The standard InChI is InChI=1S/C11H12F4N2O3/c1-2-19-9(18)4-7-8(20-11(13,14)15)3-6(5-16)10(12)17-7/h3H,2,4-5,16H2,1H3. The molecule has 0 unspecified atom stereocenters. The number of hydrogen-bond acceptors (Lipinski definition) is 5. The molecule has 0 aromatic carbocycles. The first-order valence-corrected chi connectivity index (χ1v) is 5.56. The number of aromatic nitrogens is 1. The number of rotatable bonds is 5. The molecular weight excluding hydrogens is 284 g/mol. The van der Waals surface area contributed by atoms with Gasteiger partial charge in [0.1, 0.15) is 0 Å². The van der Waals surface area contributed by atoms with Crippen molar-refractivity contribution in [2.45, 2.75) is 26.3 Å². The van der Waals surface area contributed by atoms with Crippen LogP contribution >= 0.6 is 0 Å². The van der Waals surface area contributed by atoms with Crippen molar-refractivity contribution in [3.63, 3.8) is 0 Å². The molecule has 112 valence electrons. The molecule has 2 N–H and O–H groups in total. The highest BCUT2D eigenvalue weighted by Gasteiger charge is 2.33. The van der Waals surface area contributed by atoms with Gasteiger partial charge < -0.3 is 15.2 Å². The van der Waals surface area contributed by atoms with Gasteiger partial charge in [0.2, 0.25) is 5.95 Å². The zero-order valence-electron chi connectivity index (χ0n) is 10.5. The molecule has 0 saturated heterocycles. The van der Waals surface area contributed by atoms with Crippen molar-refractivity contribution in [1.82, 2.24) is 4.98 Å². The number of ether oxygens (including phenoxy) is 2. The first kappa shape index (κ1) is 16.2. The fourth-order valence-corrected chi connectivity index (χ4v) is 1.38. The summed E-state index contributed by atoms with van der Waals surface area (Å²) in [6, 6.07) is 0.768. The number of pyridine rings is 1. The lowest BCUT2D eigenvalue weighted by molar-refractivity contribution is -0.275. The van der Waals surface area contributed by atoms with Crippen molar-refractivity contribution < 1.29 is 31.8 Å². The van der Waals surface area contributed by atoms with Crippen LogP contribution in [0.5, 0.6) is 5.75 Å². The monoisotopic (exact) mass is 296 g/mol. The third-order valence-corrected chi connectivity index (χ3v) is 2.15. The van der Waals surface area contributed by atoms with E-state index in [4.69, 9.17) is 5.73 Å². The van der Waals surface area contributed by atoms with Crippen LogP contribution in [0, 0.1) is 5.95 Å². The van der Waals surface area contributed by atoms with Gasteiger partial charge in [0, 0.05) is 12.1 Å². The molecule has 0 amide bonds. The van der Waals surface area contributed by atoms with E-state index in [1.807, 2.05) is 0 Å². The minimum Gasteiger partial charge on any atom is -0.466 e. The number of hydrogen-bond donors (Lipinski definition) is 1. The van der Waals surface area contributed by atoms with Crippen LogP contribution in [0.1, 0.15) is 18.2 Å². The third-order valence-electron chi connectivity index (χ3n) is 2.15. The number of carbonyl (C=O) groups excluding carboxylic acids is 1. The van der Waals surface area contributed by atoms with Gasteiger partial charge >= 0.3 is 12.3 Å². The van der Waals surface area contributed by atoms with E-state index in [2.05, 4.69) is 14.5 Å². The summed E-state index contributed by atoms with van der Waals surface area (Å²) < 4.78 is 58.5. The number of nitrogens with zero attached hydrogens (tertiary/aromatic N) is 1. The van der Waals surface area contributed by atoms with Crippen molar-refractivity contribution in [2.24, 2.45) is 5.73 Å². The average molecular weight is 296 g/mol. The van der Waals surface area contributed by atoms with Gasteiger partial charge in [0.05, 0.1) is 18.7 Å². The lowest BCUT2D eigenvalue weighted by atomic mass is 10.2. The maximum atomic E-state index is 13.4. The molecule has 5 nitrogen and oxygen atoms in total. The average Bonchev–Trinajstić information content (AvgIpc) is 2.31. The minimum absolute atomic E-state index is 0.0393. The molecule has 20 heavy (non-hydrogen) atoms. The second-order valence-corrected chi connectivity index (χ2v) is 3.62. The Hall–Kier alpha value is -1.90. The highest BCUT2D eigenvalue weighted by Crippen LogP contribution is 2.27. The molecule has 0 aliphatic heterocycles. The Balaban J connectivity index is 3.12. The summed E-state index contributed by atoms with van der Waals surface area (Å²) in [5, 5.41) is 0. The van der Waals surface area contributed by atoms with Gasteiger partial charge in [-0.25, -0.2) is 4.98 Å². The predicted octanol–water partition coefficient (Wildman–Crippen LogP) is 1.68. The van der Waals surface area contributed by atoms with Crippen molar-refractivity contribution in [3.05, 3.63) is 23.3 Å². The fraction of sp³-hybridized carbons (Fsp3) is 0.455. The summed E-state index contributed by atoms with van der Waals surface area (Å²) in [5.74, 6) is -2.67. The molecule has 0 spiro atoms. The Kier molecular flexibility index (Phi) is 5.26. The maximum absolute atomic E-state index is 13.4. The van der Waals surface area contributed by atoms with Crippen LogP contribution < -0.4 is 10.5 Å². The summed E-state index contributed by atoms with van der Waals surface area (Å²) >= 11 is 0. The highest BCUT2D eigenvalue weighted by atomic mass is 19.4. The fourth-order valence-electron chi connectivity index (χ4n) is 1.38. The molecule has 1 aromatic rings. The van der Waals surface area contributed by atoms with Gasteiger partial charge in [-0.15, -0.1) is 13.2 Å². The minimum atomic E-state index is -4.99. The summed E-state index contributed by atoms with van der Waals surface area (Å²) in [7, 11) is 0. The Morgan fingerprint density at radius 1 is 1.45 bits per heavy atom. The first-order chi connectivity index (χ1) is 9.26. The summed E-state index contributed by atoms with van der Waals surface area (Å²) in [5.41, 5.74) is 4.42. The van der Waals surface area contributed by atoms with E-state index in [1.165, 1.54) is 6.92 Å². The number of alkyl halides is 3. The molecule has 0 aliphatic carbocycles. The summed E-state index contributed by atoms with van der Waals surface area (Å²) in [4.78, 5) is 14.5. The maximum Gasteiger partial charge on any atom is 0.573 e. The molecule has 1 rings (SSSR count). The topological polar surface area (TPSA) is 74.4 Å². The van der Waals surface area contributed by atoms with Crippen LogP contribution in [-0.2, 0) is 22.5 Å². The summed E-state index contributed by atoms with van der Waals surface area (Å²) in [6.45, 7) is 1.21. The smallest absolute Gasteiger partial charge is 0.466 e. The van der Waals surface area contributed by atoms with E-state index >= 15 is 0 Å². The molecule has 0 aliphatic rings. The number of nitrogens with two attached hydrogens (primary N) is 1. The van der Waals surface area contributed by atoms with E-state index < -0.39 is 36.1 Å². The van der Waals surface area contributed by atoms with Gasteiger partial charge in [-0.3, -0.25) is 4.79 Å². The molecule has 1 heterocycles. The van der Waals surface area contributed by atoms with E-state index in [-0.39, 0.29) is 18.7 Å². The first-order valence-electron chi connectivity index (χ1n) is 5.56. The molecule has 0 saturated carbocycles.